The van der Waals surface area contributed by atoms with Gasteiger partial charge in [0, 0.05) is 0 Å². The summed E-state index contributed by atoms with van der Waals surface area (Å²) in [4.78, 5) is 51.3. The summed E-state index contributed by atoms with van der Waals surface area (Å²) in [6.45, 7) is 0. The van der Waals surface area contributed by atoms with Crippen molar-refractivity contribution in [3.63, 3.8) is 0 Å². The SMILES string of the molecule is O=P([O-])([O-])[O-].O=P([O-])([O-])[O-].[Li+].[Li+].[Ti+4]. The van der Waals surface area contributed by atoms with Crippen LogP contribution in [-0.4, -0.2) is 0 Å². The van der Waals surface area contributed by atoms with Gasteiger partial charge in [-0.3, -0.25) is 0 Å². The monoisotopic (exact) mass is 252 g/mol. The third kappa shape index (κ3) is 459. The second kappa shape index (κ2) is 12.2. The maximum Gasteiger partial charge on any atom is 4.00 e. The quantitative estimate of drug-likeness (QED) is 0.301. The van der Waals surface area contributed by atoms with Crippen molar-refractivity contribution in [3.05, 3.63) is 0 Å². The molecule has 0 radical (unpaired) electrons. The van der Waals surface area contributed by atoms with E-state index in [2.05, 4.69) is 0 Å². The molecule has 0 rings (SSSR count). The van der Waals surface area contributed by atoms with Crippen LogP contribution in [0.2, 0.25) is 0 Å². The second-order valence-corrected chi connectivity index (χ2v) is 2.68. The fraction of sp³-hybridized carbons (Fsp3) is 0. The minimum absolute atomic E-state index is 0. The fourth-order valence-electron chi connectivity index (χ4n) is 0. The van der Waals surface area contributed by atoms with E-state index in [0.29, 0.717) is 0 Å². The van der Waals surface area contributed by atoms with Crippen LogP contribution in [0, 0.1) is 0 Å². The van der Waals surface area contributed by atoms with Crippen LogP contribution in [0.15, 0.2) is 0 Å². The molecule has 0 heterocycles. The van der Waals surface area contributed by atoms with Gasteiger partial charge in [0.1, 0.15) is 0 Å². The van der Waals surface area contributed by atoms with E-state index in [0.717, 1.165) is 0 Å². The van der Waals surface area contributed by atoms with E-state index < -0.39 is 15.6 Å². The Labute approximate surface area is 113 Å². The predicted octanol–water partition coefficient (Wildman–Crippen LogP) is -11.6. The summed E-state index contributed by atoms with van der Waals surface area (Å²) >= 11 is 0. The summed E-state index contributed by atoms with van der Waals surface area (Å²) < 4.78 is 17.1. The molecule has 0 bridgehead atoms. The van der Waals surface area contributed by atoms with Gasteiger partial charge >= 0.3 is 59.4 Å². The Balaban J connectivity index is -0.0000000267. The van der Waals surface area contributed by atoms with Crippen LogP contribution in [0.25, 0.3) is 0 Å². The van der Waals surface area contributed by atoms with Crippen molar-refractivity contribution in [2.75, 3.05) is 0 Å². The number of hydrogen-bond acceptors (Lipinski definition) is 8. The Kier molecular flexibility index (Phi) is 27.6. The molecule has 0 N–H and O–H groups in total. The van der Waals surface area contributed by atoms with Gasteiger partial charge in [-0.1, -0.05) is 0 Å². The van der Waals surface area contributed by atoms with Crippen molar-refractivity contribution in [3.8, 4) is 0 Å². The Morgan fingerprint density at radius 3 is 0.615 bits per heavy atom. The zero-order valence-electron chi connectivity index (χ0n) is 6.66. The Hall–Kier alpha value is 2.13. The number of rotatable bonds is 0. The normalized spacial score (nSPS) is 9.08. The molecular weight excluding hydrogens is 252 g/mol. The van der Waals surface area contributed by atoms with Crippen molar-refractivity contribution < 1.29 is 97.9 Å². The van der Waals surface area contributed by atoms with E-state index in [-0.39, 0.29) is 59.4 Å². The van der Waals surface area contributed by atoms with Gasteiger partial charge < -0.3 is 38.5 Å². The Bertz CT molecular complexity index is 132. The molecule has 0 saturated carbocycles. The van der Waals surface area contributed by atoms with Crippen LogP contribution in [0.3, 0.4) is 0 Å². The fourth-order valence-corrected chi connectivity index (χ4v) is 0. The van der Waals surface area contributed by atoms with Crippen LogP contribution in [0.5, 0.6) is 0 Å². The topological polar surface area (TPSA) is 172 Å². The number of hydrogen-bond donors (Lipinski definition) is 0. The van der Waals surface area contributed by atoms with Crippen molar-refractivity contribution in [1.29, 1.82) is 0 Å². The smallest absolute Gasteiger partial charge is 0.822 e. The number of phosphoric acid groups is 2. The predicted molar refractivity (Wildman–Crippen MR) is 15.2 cm³/mol. The summed E-state index contributed by atoms with van der Waals surface area (Å²) in [5.41, 5.74) is 0. The average Bonchev–Trinajstić information content (AvgIpc) is 1.12. The molecule has 0 unspecified atom stereocenters. The molecule has 0 aliphatic heterocycles. The average molecular weight is 252 g/mol. The van der Waals surface area contributed by atoms with Crippen LogP contribution < -0.4 is 67.1 Å². The van der Waals surface area contributed by atoms with Crippen LogP contribution in [0.4, 0.5) is 0 Å². The molecule has 13 heavy (non-hydrogen) atoms. The van der Waals surface area contributed by atoms with Gasteiger partial charge in [0.05, 0.1) is 0 Å². The molecule has 0 aliphatic rings. The van der Waals surface area contributed by atoms with Crippen molar-refractivity contribution in [1.82, 2.24) is 0 Å². The van der Waals surface area contributed by atoms with E-state index in [4.69, 9.17) is 38.5 Å². The Morgan fingerprint density at radius 2 is 0.615 bits per heavy atom. The Morgan fingerprint density at radius 1 is 0.615 bits per heavy atom. The summed E-state index contributed by atoms with van der Waals surface area (Å²) in [5.74, 6) is 0. The molecule has 0 atom stereocenters. The van der Waals surface area contributed by atoms with Gasteiger partial charge in [0.2, 0.25) is 0 Å². The zero-order chi connectivity index (χ0) is 9.00. The second-order valence-electron chi connectivity index (χ2n) is 0.894. The largest absolute Gasteiger partial charge is 4.00 e. The van der Waals surface area contributed by atoms with Gasteiger partial charge in [-0.05, 0) is 0 Å². The summed E-state index contributed by atoms with van der Waals surface area (Å²) in [6.07, 6.45) is 0. The summed E-state index contributed by atoms with van der Waals surface area (Å²) in [6, 6.07) is 0. The van der Waals surface area contributed by atoms with Crippen LogP contribution >= 0.6 is 15.6 Å². The molecule has 8 nitrogen and oxygen atoms in total. The molecule has 0 aromatic rings. The standard InChI is InChI=1S/2Li.2H3O4P.Ti/c;;2*1-5(2,3)4;/h;;2*(H3,1,2,3,4);/q2*+1;;;+4/p-6. The molecule has 64 valence electrons. The van der Waals surface area contributed by atoms with Gasteiger partial charge in [0.15, 0.2) is 0 Å². The molecule has 13 heteroatoms. The van der Waals surface area contributed by atoms with Gasteiger partial charge in [-0.2, -0.15) is 15.6 Å². The summed E-state index contributed by atoms with van der Waals surface area (Å²) in [5, 5.41) is 0. The summed E-state index contributed by atoms with van der Waals surface area (Å²) in [7, 11) is -10.8. The molecule has 0 fully saturated rings. The van der Waals surface area contributed by atoms with E-state index in [1.807, 2.05) is 0 Å². The van der Waals surface area contributed by atoms with Gasteiger partial charge in [-0.25, -0.2) is 0 Å². The van der Waals surface area contributed by atoms with Crippen LogP contribution in [0.1, 0.15) is 0 Å². The minimum Gasteiger partial charge on any atom is -0.822 e. The van der Waals surface area contributed by atoms with E-state index >= 15 is 0 Å². The minimum atomic E-state index is -5.39. The van der Waals surface area contributed by atoms with Crippen LogP contribution in [-0.2, 0) is 30.8 Å². The van der Waals surface area contributed by atoms with E-state index in [9.17, 15) is 0 Å². The van der Waals surface area contributed by atoms with Crippen molar-refractivity contribution in [2.24, 2.45) is 0 Å². The molecule has 0 spiro atoms. The first-order valence-electron chi connectivity index (χ1n) is 1.46. The molecule has 0 aromatic carbocycles. The first-order valence-corrected chi connectivity index (χ1v) is 4.38. The molecule has 0 amide bonds. The van der Waals surface area contributed by atoms with Gasteiger partial charge in [0.25, 0.3) is 0 Å². The van der Waals surface area contributed by atoms with Crippen molar-refractivity contribution >= 4 is 15.6 Å². The zero-order valence-corrected chi connectivity index (χ0v) is 10.0. The maximum atomic E-state index is 8.55. The third-order valence-corrected chi connectivity index (χ3v) is 0. The molecule has 0 aliphatic carbocycles. The molecule has 0 aromatic heterocycles. The van der Waals surface area contributed by atoms with E-state index in [1.54, 1.807) is 0 Å². The first kappa shape index (κ1) is 29.4. The maximum absolute atomic E-state index is 8.55. The third-order valence-electron chi connectivity index (χ3n) is 0. The van der Waals surface area contributed by atoms with Gasteiger partial charge in [-0.15, -0.1) is 0 Å². The van der Waals surface area contributed by atoms with E-state index in [1.165, 1.54) is 0 Å². The van der Waals surface area contributed by atoms with Crippen molar-refractivity contribution in [2.45, 2.75) is 0 Å². The first-order chi connectivity index (χ1) is 4.00. The molecule has 0 saturated heterocycles. The molecular formula is Li2O8P2Ti.